The van der Waals surface area contributed by atoms with Gasteiger partial charge in [-0.05, 0) is 85.1 Å². The van der Waals surface area contributed by atoms with Crippen molar-refractivity contribution in [2.45, 2.75) is 33.3 Å². The minimum atomic E-state index is -0.195. The number of ether oxygens (including phenoxy) is 2. The molecule has 4 rings (SSSR count). The molecule has 1 fully saturated rings. The van der Waals surface area contributed by atoms with E-state index in [1.165, 1.54) is 17.3 Å². The molecule has 8 heteroatoms. The molecule has 0 spiro atoms. The highest BCUT2D eigenvalue weighted by Crippen LogP contribution is 2.37. The zero-order chi connectivity index (χ0) is 27.1. The van der Waals surface area contributed by atoms with Gasteiger partial charge >= 0.3 is 0 Å². The number of allylic oxidation sites excluding steroid dienone is 1. The van der Waals surface area contributed by atoms with Crippen LogP contribution in [0.5, 0.6) is 11.5 Å². The highest BCUT2D eigenvalue weighted by atomic mass is 35.5. The lowest BCUT2D eigenvalue weighted by Crippen LogP contribution is -2.19. The van der Waals surface area contributed by atoms with Crippen molar-refractivity contribution in [2.24, 2.45) is 4.99 Å². The van der Waals surface area contributed by atoms with Crippen LogP contribution in [0.3, 0.4) is 0 Å². The summed E-state index contributed by atoms with van der Waals surface area (Å²) in [5.74, 6) is 0.998. The average Bonchev–Trinajstić information content (AvgIpc) is 3.23. The number of nitrogens with zero attached hydrogens (tertiary/aromatic N) is 1. The lowest BCUT2D eigenvalue weighted by Gasteiger charge is -2.17. The molecule has 38 heavy (non-hydrogen) atoms. The van der Waals surface area contributed by atoms with E-state index in [0.717, 1.165) is 28.8 Å². The third-order valence-corrected chi connectivity index (χ3v) is 7.23. The van der Waals surface area contributed by atoms with Gasteiger partial charge in [0.05, 0.1) is 17.2 Å². The normalized spacial score (nSPS) is 15.1. The number of carbonyl (C=O) groups is 1. The second-order valence-corrected chi connectivity index (χ2v) is 10.3. The number of halogens is 2. The highest BCUT2D eigenvalue weighted by Gasteiger charge is 2.24. The van der Waals surface area contributed by atoms with Gasteiger partial charge in [0.2, 0.25) is 0 Å². The SMILES string of the molecule is C=CCc1cc(/C=C2\SC(=Nc3ccc(CC)cc3)NC2=O)cc(OCC)c1OCc1ccc(Cl)cc1Cl. The molecule has 196 valence electrons. The molecule has 0 aliphatic carbocycles. The van der Waals surface area contributed by atoms with Crippen molar-refractivity contribution in [3.05, 3.63) is 104 Å². The van der Waals surface area contributed by atoms with Gasteiger partial charge in [0.25, 0.3) is 5.91 Å². The van der Waals surface area contributed by atoms with Gasteiger partial charge < -0.3 is 14.8 Å². The van der Waals surface area contributed by atoms with Crippen LogP contribution in [-0.4, -0.2) is 17.7 Å². The molecule has 0 saturated carbocycles. The predicted molar refractivity (Wildman–Crippen MR) is 159 cm³/mol. The second-order valence-electron chi connectivity index (χ2n) is 8.46. The number of hydrogen-bond acceptors (Lipinski definition) is 5. The fraction of sp³-hybridized carbons (Fsp3) is 0.200. The predicted octanol–water partition coefficient (Wildman–Crippen LogP) is 8.15. The average molecular weight is 568 g/mol. The number of hydrogen-bond donors (Lipinski definition) is 1. The number of aryl methyl sites for hydroxylation is 1. The Bertz CT molecular complexity index is 1400. The van der Waals surface area contributed by atoms with Crippen LogP contribution < -0.4 is 14.8 Å². The molecule has 0 bridgehead atoms. The molecule has 0 aromatic heterocycles. The zero-order valence-electron chi connectivity index (χ0n) is 21.2. The Morgan fingerprint density at radius 3 is 2.50 bits per heavy atom. The van der Waals surface area contributed by atoms with Crippen LogP contribution in [0.25, 0.3) is 6.08 Å². The van der Waals surface area contributed by atoms with E-state index in [1.807, 2.05) is 55.5 Å². The lowest BCUT2D eigenvalue weighted by molar-refractivity contribution is -0.115. The largest absolute Gasteiger partial charge is 0.490 e. The summed E-state index contributed by atoms with van der Waals surface area (Å²) in [5.41, 5.74) is 4.54. The quantitative estimate of drug-likeness (QED) is 0.198. The van der Waals surface area contributed by atoms with Crippen LogP contribution in [0, 0.1) is 0 Å². The van der Waals surface area contributed by atoms with Crippen molar-refractivity contribution in [2.75, 3.05) is 6.61 Å². The number of nitrogens with one attached hydrogen (secondary N) is 1. The Hall–Kier alpha value is -3.19. The van der Waals surface area contributed by atoms with Gasteiger partial charge in [-0.15, -0.1) is 6.58 Å². The van der Waals surface area contributed by atoms with Gasteiger partial charge in [0, 0.05) is 21.2 Å². The molecule has 0 unspecified atom stereocenters. The summed E-state index contributed by atoms with van der Waals surface area (Å²) < 4.78 is 12.1. The monoisotopic (exact) mass is 566 g/mol. The maximum atomic E-state index is 12.7. The Labute approximate surface area is 237 Å². The zero-order valence-corrected chi connectivity index (χ0v) is 23.6. The summed E-state index contributed by atoms with van der Waals surface area (Å²) in [6.07, 6.45) is 5.15. The molecule has 1 aliphatic heterocycles. The van der Waals surface area contributed by atoms with Crippen molar-refractivity contribution in [3.63, 3.8) is 0 Å². The molecule has 1 heterocycles. The fourth-order valence-electron chi connectivity index (χ4n) is 3.84. The third kappa shape index (κ3) is 7.01. The molecule has 1 amide bonds. The van der Waals surface area contributed by atoms with E-state index < -0.39 is 0 Å². The van der Waals surface area contributed by atoms with Gasteiger partial charge in [0.15, 0.2) is 16.7 Å². The summed E-state index contributed by atoms with van der Waals surface area (Å²) in [7, 11) is 0. The first-order chi connectivity index (χ1) is 18.4. The molecule has 3 aromatic rings. The summed E-state index contributed by atoms with van der Waals surface area (Å²) in [4.78, 5) is 17.8. The molecular weight excluding hydrogens is 539 g/mol. The van der Waals surface area contributed by atoms with E-state index in [4.69, 9.17) is 32.7 Å². The number of rotatable bonds is 10. The summed E-state index contributed by atoms with van der Waals surface area (Å²) >= 11 is 13.7. The number of amides is 1. The van der Waals surface area contributed by atoms with Crippen LogP contribution >= 0.6 is 35.0 Å². The van der Waals surface area contributed by atoms with E-state index in [0.29, 0.717) is 44.6 Å². The molecule has 3 aromatic carbocycles. The number of benzene rings is 3. The molecule has 0 radical (unpaired) electrons. The third-order valence-electron chi connectivity index (χ3n) is 5.73. The number of amidine groups is 1. The van der Waals surface area contributed by atoms with E-state index in [1.54, 1.807) is 18.2 Å². The molecule has 1 saturated heterocycles. The van der Waals surface area contributed by atoms with Crippen LogP contribution in [0.4, 0.5) is 5.69 Å². The van der Waals surface area contributed by atoms with Crippen LogP contribution in [0.1, 0.15) is 36.1 Å². The van der Waals surface area contributed by atoms with Crippen molar-refractivity contribution in [1.29, 1.82) is 0 Å². The second kappa shape index (κ2) is 13.1. The molecule has 0 atom stereocenters. The first kappa shape index (κ1) is 27.8. The highest BCUT2D eigenvalue weighted by molar-refractivity contribution is 8.18. The number of aliphatic imine (C=N–C) groups is 1. The topological polar surface area (TPSA) is 59.9 Å². The summed E-state index contributed by atoms with van der Waals surface area (Å²) in [6, 6.07) is 17.1. The van der Waals surface area contributed by atoms with Crippen molar-refractivity contribution in [1.82, 2.24) is 5.32 Å². The van der Waals surface area contributed by atoms with Gasteiger partial charge in [-0.2, -0.15) is 0 Å². The minimum absolute atomic E-state index is 0.195. The maximum absolute atomic E-state index is 12.7. The minimum Gasteiger partial charge on any atom is -0.490 e. The van der Waals surface area contributed by atoms with Crippen LogP contribution in [0.2, 0.25) is 10.0 Å². The first-order valence-corrected chi connectivity index (χ1v) is 13.8. The van der Waals surface area contributed by atoms with Crippen molar-refractivity contribution >= 4 is 57.8 Å². The van der Waals surface area contributed by atoms with Gasteiger partial charge in [-0.1, -0.05) is 54.4 Å². The molecule has 1 N–H and O–H groups in total. The Kier molecular flexibility index (Phi) is 9.56. The van der Waals surface area contributed by atoms with Gasteiger partial charge in [0.1, 0.15) is 6.61 Å². The fourth-order valence-corrected chi connectivity index (χ4v) is 5.15. The summed E-state index contributed by atoms with van der Waals surface area (Å²) in [6.45, 7) is 8.61. The molecule has 1 aliphatic rings. The Balaban J connectivity index is 1.61. The smallest absolute Gasteiger partial charge is 0.264 e. The van der Waals surface area contributed by atoms with Crippen LogP contribution in [0.15, 0.2) is 77.1 Å². The van der Waals surface area contributed by atoms with E-state index in [-0.39, 0.29) is 12.5 Å². The van der Waals surface area contributed by atoms with Crippen molar-refractivity contribution in [3.8, 4) is 11.5 Å². The summed E-state index contributed by atoms with van der Waals surface area (Å²) in [5, 5.41) is 4.49. The molecule has 5 nitrogen and oxygen atoms in total. The Morgan fingerprint density at radius 1 is 1.03 bits per heavy atom. The first-order valence-electron chi connectivity index (χ1n) is 12.3. The van der Waals surface area contributed by atoms with E-state index in [2.05, 4.69) is 23.8 Å². The van der Waals surface area contributed by atoms with Gasteiger partial charge in [-0.25, -0.2) is 4.99 Å². The number of thioether (sulfide) groups is 1. The lowest BCUT2D eigenvalue weighted by atomic mass is 10.0. The maximum Gasteiger partial charge on any atom is 0.264 e. The van der Waals surface area contributed by atoms with Crippen LogP contribution in [-0.2, 0) is 24.2 Å². The Morgan fingerprint density at radius 2 is 1.82 bits per heavy atom. The number of carbonyl (C=O) groups excluding carboxylic acids is 1. The van der Waals surface area contributed by atoms with Crippen molar-refractivity contribution < 1.29 is 14.3 Å². The molecular formula is C30H28Cl2N2O3S. The standard InChI is InChI=1S/C30H28Cl2N2O3S/c1-4-7-21-14-20(15-26(36-6-3)28(21)37-18-22-10-11-23(31)17-25(22)32)16-27-29(35)34-30(38-27)33-24-12-8-19(5-2)9-13-24/h4,8-17H,1,5-7,18H2,2-3H3,(H,33,34,35)/b27-16-. The van der Waals surface area contributed by atoms with E-state index >= 15 is 0 Å². The van der Waals surface area contributed by atoms with E-state index in [9.17, 15) is 4.79 Å². The van der Waals surface area contributed by atoms with Gasteiger partial charge in [-0.3, -0.25) is 4.79 Å².